The van der Waals surface area contributed by atoms with Crippen LogP contribution >= 0.6 is 11.6 Å². The lowest BCUT2D eigenvalue weighted by atomic mass is 10.0. The molecular weight excluding hydrogens is 546 g/mol. The van der Waals surface area contributed by atoms with E-state index in [1.807, 2.05) is 58.4 Å². The number of halogens is 1. The lowest BCUT2D eigenvalue weighted by Crippen LogP contribution is -2.50. The van der Waals surface area contributed by atoms with Crippen LogP contribution in [0.25, 0.3) is 6.08 Å². The van der Waals surface area contributed by atoms with Crippen LogP contribution in [0.1, 0.15) is 58.0 Å². The molecule has 1 aliphatic rings. The Kier molecular flexibility index (Phi) is 12.0. The van der Waals surface area contributed by atoms with E-state index < -0.39 is 0 Å². The first-order chi connectivity index (χ1) is 20.5. The highest BCUT2D eigenvalue weighted by atomic mass is 35.5. The van der Waals surface area contributed by atoms with Crippen molar-refractivity contribution >= 4 is 29.5 Å². The molecule has 0 aromatic heterocycles. The highest BCUT2D eigenvalue weighted by Crippen LogP contribution is 2.19. The number of ether oxygens (including phenoxy) is 1. The molecule has 0 spiro atoms. The van der Waals surface area contributed by atoms with Crippen molar-refractivity contribution in [2.75, 3.05) is 52.9 Å². The van der Waals surface area contributed by atoms with Crippen LogP contribution in [0.15, 0.2) is 78.9 Å². The van der Waals surface area contributed by atoms with E-state index in [0.717, 1.165) is 42.9 Å². The highest BCUT2D eigenvalue weighted by molar-refractivity contribution is 6.30. The van der Waals surface area contributed by atoms with Crippen LogP contribution in [0.5, 0.6) is 5.75 Å². The Morgan fingerprint density at radius 3 is 2.40 bits per heavy atom. The predicted molar refractivity (Wildman–Crippen MR) is 171 cm³/mol. The van der Waals surface area contributed by atoms with E-state index in [-0.39, 0.29) is 11.8 Å². The van der Waals surface area contributed by atoms with Gasteiger partial charge in [0.25, 0.3) is 11.8 Å². The third kappa shape index (κ3) is 8.94. The average molecular weight is 588 g/mol. The summed E-state index contributed by atoms with van der Waals surface area (Å²) in [5, 5.41) is 0.539. The van der Waals surface area contributed by atoms with E-state index in [0.29, 0.717) is 36.8 Å². The number of piperazine rings is 1. The molecule has 42 heavy (non-hydrogen) atoms. The van der Waals surface area contributed by atoms with Gasteiger partial charge in [-0.3, -0.25) is 14.5 Å². The Balaban J connectivity index is 1.33. The number of benzene rings is 3. The van der Waals surface area contributed by atoms with E-state index in [1.54, 1.807) is 31.4 Å². The van der Waals surface area contributed by atoms with Crippen LogP contribution in [0.3, 0.4) is 0 Å². The van der Waals surface area contributed by atoms with Crippen LogP contribution in [0, 0.1) is 0 Å². The first-order valence-electron chi connectivity index (χ1n) is 14.9. The molecule has 0 N–H and O–H groups in total. The standard InChI is InChI=1S/C35H42ClN3O3/c1-3-4-5-10-28-16-18-30(19-17-28)34(40)39-25-22-37(23-26-39)21-24-38(35(41)31-12-8-14-32(36)27-31)20-9-13-29-11-6-7-15-33(29)42-2/h6-9,11-19,27H,3-5,10,20-26H2,1-2H3. The molecule has 1 heterocycles. The Morgan fingerprint density at radius 1 is 0.929 bits per heavy atom. The van der Waals surface area contributed by atoms with Crippen molar-refractivity contribution in [3.8, 4) is 5.75 Å². The molecule has 0 aliphatic carbocycles. The average Bonchev–Trinajstić information content (AvgIpc) is 3.03. The number of hydrogen-bond acceptors (Lipinski definition) is 4. The largest absolute Gasteiger partial charge is 0.496 e. The number of carbonyl (C=O) groups excluding carboxylic acids is 2. The van der Waals surface area contributed by atoms with Crippen LogP contribution in [-0.2, 0) is 6.42 Å². The lowest BCUT2D eigenvalue weighted by molar-refractivity contribution is 0.0609. The Labute approximate surface area is 255 Å². The van der Waals surface area contributed by atoms with E-state index in [9.17, 15) is 9.59 Å². The number of nitrogens with zero attached hydrogens (tertiary/aromatic N) is 3. The molecule has 1 aliphatic heterocycles. The zero-order chi connectivity index (χ0) is 29.7. The zero-order valence-electron chi connectivity index (χ0n) is 24.8. The van der Waals surface area contributed by atoms with Gasteiger partial charge in [0.1, 0.15) is 5.75 Å². The second kappa shape index (κ2) is 16.1. The number of hydrogen-bond donors (Lipinski definition) is 0. The van der Waals surface area contributed by atoms with Crippen molar-refractivity contribution < 1.29 is 14.3 Å². The Morgan fingerprint density at radius 2 is 1.69 bits per heavy atom. The number of para-hydroxylation sites is 1. The van der Waals surface area contributed by atoms with Gasteiger partial charge in [0, 0.05) is 67.5 Å². The summed E-state index contributed by atoms with van der Waals surface area (Å²) in [6, 6.07) is 23.0. The molecule has 222 valence electrons. The van der Waals surface area contributed by atoms with Gasteiger partial charge in [-0.25, -0.2) is 0 Å². The summed E-state index contributed by atoms with van der Waals surface area (Å²) in [4.78, 5) is 32.7. The summed E-state index contributed by atoms with van der Waals surface area (Å²) in [6.07, 6.45) is 8.67. The minimum atomic E-state index is -0.0610. The van der Waals surface area contributed by atoms with Crippen molar-refractivity contribution in [2.45, 2.75) is 32.6 Å². The molecule has 0 radical (unpaired) electrons. The minimum Gasteiger partial charge on any atom is -0.496 e. The Hall–Kier alpha value is -3.61. The summed E-state index contributed by atoms with van der Waals surface area (Å²) < 4.78 is 5.46. The zero-order valence-corrected chi connectivity index (χ0v) is 25.6. The van der Waals surface area contributed by atoms with Gasteiger partial charge in [0.2, 0.25) is 0 Å². The third-order valence-corrected chi connectivity index (χ3v) is 7.97. The Bertz CT molecular complexity index is 1330. The van der Waals surface area contributed by atoms with Crippen LogP contribution in [0.2, 0.25) is 5.02 Å². The van der Waals surface area contributed by atoms with Crippen LogP contribution < -0.4 is 4.74 Å². The van der Waals surface area contributed by atoms with Crippen molar-refractivity contribution in [3.05, 3.63) is 106 Å². The number of amides is 2. The maximum Gasteiger partial charge on any atom is 0.254 e. The van der Waals surface area contributed by atoms with E-state index in [1.165, 1.54) is 24.8 Å². The van der Waals surface area contributed by atoms with Crippen LogP contribution in [0.4, 0.5) is 0 Å². The molecule has 0 bridgehead atoms. The fraction of sp³-hybridized carbons (Fsp3) is 0.371. The van der Waals surface area contributed by atoms with Gasteiger partial charge in [-0.1, -0.05) is 79.9 Å². The normalized spacial score (nSPS) is 13.8. The summed E-state index contributed by atoms with van der Waals surface area (Å²) >= 11 is 6.19. The van der Waals surface area contributed by atoms with Gasteiger partial charge in [0.05, 0.1) is 7.11 Å². The maximum atomic E-state index is 13.5. The number of unbranched alkanes of at least 4 members (excludes halogenated alkanes) is 2. The molecule has 4 rings (SSSR count). The predicted octanol–water partition coefficient (Wildman–Crippen LogP) is 6.69. The van der Waals surface area contributed by atoms with Gasteiger partial charge in [-0.05, 0) is 54.8 Å². The molecule has 3 aromatic carbocycles. The monoisotopic (exact) mass is 587 g/mol. The molecule has 0 unspecified atom stereocenters. The van der Waals surface area contributed by atoms with E-state index in [4.69, 9.17) is 16.3 Å². The number of aryl methyl sites for hydroxylation is 1. The molecule has 1 saturated heterocycles. The number of methoxy groups -OCH3 is 1. The van der Waals surface area contributed by atoms with Crippen LogP contribution in [-0.4, -0.2) is 79.4 Å². The van der Waals surface area contributed by atoms with E-state index in [2.05, 4.69) is 24.0 Å². The molecule has 6 nitrogen and oxygen atoms in total. The third-order valence-electron chi connectivity index (χ3n) is 7.74. The second-order valence-corrected chi connectivity index (χ2v) is 11.1. The molecule has 3 aromatic rings. The molecule has 0 atom stereocenters. The van der Waals surface area contributed by atoms with Gasteiger partial charge in [-0.2, -0.15) is 0 Å². The first kappa shape index (κ1) is 31.3. The summed E-state index contributed by atoms with van der Waals surface area (Å²) in [7, 11) is 1.65. The minimum absolute atomic E-state index is 0.0610. The fourth-order valence-electron chi connectivity index (χ4n) is 5.20. The van der Waals surface area contributed by atoms with Gasteiger partial charge < -0.3 is 14.5 Å². The fourth-order valence-corrected chi connectivity index (χ4v) is 5.39. The second-order valence-electron chi connectivity index (χ2n) is 10.7. The summed E-state index contributed by atoms with van der Waals surface area (Å²) in [5.41, 5.74) is 3.57. The highest BCUT2D eigenvalue weighted by Gasteiger charge is 2.23. The quantitative estimate of drug-likeness (QED) is 0.209. The van der Waals surface area contributed by atoms with Crippen molar-refractivity contribution in [3.63, 3.8) is 0 Å². The number of rotatable bonds is 13. The van der Waals surface area contributed by atoms with Gasteiger partial charge in [-0.15, -0.1) is 0 Å². The van der Waals surface area contributed by atoms with Crippen molar-refractivity contribution in [1.82, 2.24) is 14.7 Å². The van der Waals surface area contributed by atoms with Crippen molar-refractivity contribution in [2.24, 2.45) is 0 Å². The molecule has 2 amide bonds. The summed E-state index contributed by atoms with van der Waals surface area (Å²) in [6.45, 7) is 6.85. The SMILES string of the molecule is CCCCCc1ccc(C(=O)N2CCN(CCN(CC=Cc3ccccc3OC)C(=O)c3cccc(Cl)c3)CC2)cc1. The molecular formula is C35H42ClN3O3. The van der Waals surface area contributed by atoms with Gasteiger partial charge >= 0.3 is 0 Å². The molecule has 1 fully saturated rings. The van der Waals surface area contributed by atoms with Crippen molar-refractivity contribution in [1.29, 1.82) is 0 Å². The molecule has 0 saturated carbocycles. The molecule has 7 heteroatoms. The lowest BCUT2D eigenvalue weighted by Gasteiger charge is -2.36. The van der Waals surface area contributed by atoms with E-state index >= 15 is 0 Å². The first-order valence-corrected chi connectivity index (χ1v) is 15.3. The maximum absolute atomic E-state index is 13.5. The topological polar surface area (TPSA) is 53.1 Å². The van der Waals surface area contributed by atoms with Gasteiger partial charge in [0.15, 0.2) is 0 Å². The smallest absolute Gasteiger partial charge is 0.254 e. The number of carbonyl (C=O) groups is 2. The summed E-state index contributed by atoms with van der Waals surface area (Å²) in [5.74, 6) is 0.819.